The van der Waals surface area contributed by atoms with Gasteiger partial charge in [-0.2, -0.15) is 18.4 Å². The molecule has 20 heavy (non-hydrogen) atoms. The molecule has 1 aromatic carbocycles. The number of para-hydroxylation sites is 1. The second-order valence-corrected chi connectivity index (χ2v) is 4.07. The Balaban J connectivity index is 2.52. The highest BCUT2D eigenvalue weighted by Crippen LogP contribution is 2.32. The molecule has 102 valence electrons. The highest BCUT2D eigenvalue weighted by atomic mass is 19.4. The first-order valence-electron chi connectivity index (χ1n) is 5.70. The van der Waals surface area contributed by atoms with Gasteiger partial charge in [0.1, 0.15) is 11.8 Å². The van der Waals surface area contributed by atoms with Crippen LogP contribution < -0.4 is 4.90 Å². The van der Waals surface area contributed by atoms with Crippen molar-refractivity contribution in [1.29, 1.82) is 5.26 Å². The van der Waals surface area contributed by atoms with E-state index in [2.05, 4.69) is 4.98 Å². The Morgan fingerprint density at radius 3 is 2.30 bits per heavy atom. The predicted octanol–water partition coefficient (Wildman–Crippen LogP) is 3.74. The lowest BCUT2D eigenvalue weighted by atomic mass is 10.2. The van der Waals surface area contributed by atoms with Gasteiger partial charge in [0.15, 0.2) is 5.82 Å². The summed E-state index contributed by atoms with van der Waals surface area (Å²) in [4.78, 5) is 5.02. The maximum absolute atomic E-state index is 12.7. The fraction of sp³-hybridized carbons (Fsp3) is 0.143. The van der Waals surface area contributed by atoms with Gasteiger partial charge in [-0.1, -0.05) is 18.2 Å². The zero-order valence-electron chi connectivity index (χ0n) is 10.5. The van der Waals surface area contributed by atoms with E-state index in [0.717, 1.165) is 12.1 Å². The van der Waals surface area contributed by atoms with Crippen LogP contribution in [0, 0.1) is 11.3 Å². The maximum atomic E-state index is 12.7. The molecule has 1 heterocycles. The van der Waals surface area contributed by atoms with Crippen LogP contribution in [0.5, 0.6) is 0 Å². The second kappa shape index (κ2) is 5.21. The molecule has 0 saturated heterocycles. The number of rotatable bonds is 2. The lowest BCUT2D eigenvalue weighted by Gasteiger charge is -2.20. The summed E-state index contributed by atoms with van der Waals surface area (Å²) >= 11 is 0. The lowest BCUT2D eigenvalue weighted by molar-refractivity contribution is -0.141. The molecular formula is C14H10F3N3. The van der Waals surface area contributed by atoms with Crippen LogP contribution in [-0.4, -0.2) is 12.0 Å². The number of halogens is 3. The number of hydrogen-bond acceptors (Lipinski definition) is 3. The van der Waals surface area contributed by atoms with Crippen molar-refractivity contribution in [3.05, 3.63) is 53.7 Å². The first-order chi connectivity index (χ1) is 9.43. The first-order valence-corrected chi connectivity index (χ1v) is 5.70. The summed E-state index contributed by atoms with van der Waals surface area (Å²) in [5.74, 6) is -0.0199. The predicted molar refractivity (Wildman–Crippen MR) is 68.5 cm³/mol. The minimum atomic E-state index is -4.54. The van der Waals surface area contributed by atoms with Crippen LogP contribution in [-0.2, 0) is 6.18 Å². The third-order valence-electron chi connectivity index (χ3n) is 2.75. The molecule has 0 spiro atoms. The number of hydrogen-bond donors (Lipinski definition) is 0. The molecule has 3 nitrogen and oxygen atoms in total. The number of benzene rings is 1. The number of pyridine rings is 1. The van der Waals surface area contributed by atoms with E-state index in [1.807, 2.05) is 6.07 Å². The molecule has 2 rings (SSSR count). The van der Waals surface area contributed by atoms with Crippen molar-refractivity contribution in [2.75, 3.05) is 11.9 Å². The molecule has 0 aliphatic rings. The summed E-state index contributed by atoms with van der Waals surface area (Å²) in [6, 6.07) is 12.5. The van der Waals surface area contributed by atoms with E-state index in [9.17, 15) is 13.2 Å². The van der Waals surface area contributed by atoms with E-state index in [0.29, 0.717) is 5.69 Å². The Morgan fingerprint density at radius 1 is 1.10 bits per heavy atom. The average molecular weight is 277 g/mol. The van der Waals surface area contributed by atoms with Gasteiger partial charge in [0.2, 0.25) is 0 Å². The molecule has 1 aromatic heterocycles. The van der Waals surface area contributed by atoms with Gasteiger partial charge in [-0.05, 0) is 24.3 Å². The lowest BCUT2D eigenvalue weighted by Crippen LogP contribution is -2.16. The fourth-order valence-corrected chi connectivity index (χ4v) is 1.72. The van der Waals surface area contributed by atoms with Crippen LogP contribution in [0.3, 0.4) is 0 Å². The van der Waals surface area contributed by atoms with Gasteiger partial charge >= 0.3 is 6.18 Å². The Bertz CT molecular complexity index is 645. The number of alkyl halides is 3. The molecule has 0 bridgehead atoms. The van der Waals surface area contributed by atoms with Crippen LogP contribution in [0.1, 0.15) is 11.3 Å². The van der Waals surface area contributed by atoms with E-state index < -0.39 is 11.9 Å². The van der Waals surface area contributed by atoms with Crippen molar-refractivity contribution in [3.8, 4) is 6.07 Å². The number of nitriles is 1. The number of aromatic nitrogens is 1. The van der Waals surface area contributed by atoms with Gasteiger partial charge in [-0.25, -0.2) is 4.98 Å². The quantitative estimate of drug-likeness (QED) is 0.839. The summed E-state index contributed by atoms with van der Waals surface area (Å²) < 4.78 is 38.1. The van der Waals surface area contributed by atoms with Crippen LogP contribution in [0.25, 0.3) is 0 Å². The summed E-state index contributed by atoms with van der Waals surface area (Å²) in [5, 5.41) is 9.01. The van der Waals surface area contributed by atoms with Crippen molar-refractivity contribution >= 4 is 11.5 Å². The van der Waals surface area contributed by atoms with Crippen molar-refractivity contribution in [2.24, 2.45) is 0 Å². The molecule has 0 aliphatic carbocycles. The van der Waals surface area contributed by atoms with Gasteiger partial charge in [0, 0.05) is 12.7 Å². The van der Waals surface area contributed by atoms with E-state index in [1.165, 1.54) is 4.90 Å². The molecule has 0 N–H and O–H groups in total. The van der Waals surface area contributed by atoms with Crippen LogP contribution in [0.15, 0.2) is 42.5 Å². The molecule has 0 aliphatic heterocycles. The second-order valence-electron chi connectivity index (χ2n) is 4.07. The Kier molecular flexibility index (Phi) is 3.61. The first kappa shape index (κ1) is 13.9. The third-order valence-corrected chi connectivity index (χ3v) is 2.75. The molecule has 0 saturated carbocycles. The Morgan fingerprint density at radius 2 is 1.75 bits per heavy atom. The smallest absolute Gasteiger partial charge is 0.328 e. The van der Waals surface area contributed by atoms with E-state index >= 15 is 0 Å². The van der Waals surface area contributed by atoms with E-state index in [1.54, 1.807) is 37.4 Å². The van der Waals surface area contributed by atoms with E-state index in [4.69, 9.17) is 5.26 Å². The van der Waals surface area contributed by atoms with Gasteiger partial charge < -0.3 is 4.90 Å². The summed E-state index contributed by atoms with van der Waals surface area (Å²) in [5.41, 5.74) is -0.283. The number of anilines is 2. The van der Waals surface area contributed by atoms with E-state index in [-0.39, 0.29) is 11.4 Å². The molecule has 0 atom stereocenters. The molecule has 0 unspecified atom stereocenters. The van der Waals surface area contributed by atoms with Gasteiger partial charge in [0.25, 0.3) is 0 Å². The molecule has 6 heteroatoms. The summed E-state index contributed by atoms with van der Waals surface area (Å²) in [7, 11) is 1.57. The molecule has 0 amide bonds. The molecule has 0 fully saturated rings. The molecular weight excluding hydrogens is 267 g/mol. The third kappa shape index (κ3) is 2.72. The minimum absolute atomic E-state index is 0.0199. The van der Waals surface area contributed by atoms with Crippen molar-refractivity contribution < 1.29 is 13.2 Å². The minimum Gasteiger partial charge on any atom is -0.328 e. The maximum Gasteiger partial charge on any atom is 0.433 e. The van der Waals surface area contributed by atoms with Crippen LogP contribution in [0.2, 0.25) is 0 Å². The van der Waals surface area contributed by atoms with Crippen molar-refractivity contribution in [3.63, 3.8) is 0 Å². The highest BCUT2D eigenvalue weighted by molar-refractivity contribution is 5.65. The summed E-state index contributed by atoms with van der Waals surface area (Å²) in [6.07, 6.45) is -4.54. The standard InChI is InChI=1S/C14H10F3N3/c1-20(11-5-3-2-4-6-11)13-10(9-18)7-8-12(19-13)14(15,16)17/h2-8H,1H3. The molecule has 2 aromatic rings. The topological polar surface area (TPSA) is 39.9 Å². The number of nitrogens with zero attached hydrogens (tertiary/aromatic N) is 3. The van der Waals surface area contributed by atoms with Crippen molar-refractivity contribution in [1.82, 2.24) is 4.98 Å². The van der Waals surface area contributed by atoms with Crippen molar-refractivity contribution in [2.45, 2.75) is 6.18 Å². The average Bonchev–Trinajstić information content (AvgIpc) is 2.45. The fourth-order valence-electron chi connectivity index (χ4n) is 1.72. The normalized spacial score (nSPS) is 10.9. The van der Waals surface area contributed by atoms with Gasteiger partial charge in [-0.15, -0.1) is 0 Å². The highest BCUT2D eigenvalue weighted by Gasteiger charge is 2.33. The van der Waals surface area contributed by atoms with Gasteiger partial charge in [-0.3, -0.25) is 0 Å². The summed E-state index contributed by atoms with van der Waals surface area (Å²) in [6.45, 7) is 0. The largest absolute Gasteiger partial charge is 0.433 e. The molecule has 0 radical (unpaired) electrons. The van der Waals surface area contributed by atoms with Crippen LogP contribution in [0.4, 0.5) is 24.7 Å². The zero-order valence-corrected chi connectivity index (χ0v) is 10.5. The SMILES string of the molecule is CN(c1ccccc1)c1nc(C(F)(F)F)ccc1C#N. The Hall–Kier alpha value is -2.55. The monoisotopic (exact) mass is 277 g/mol. The van der Waals surface area contributed by atoms with Gasteiger partial charge in [0.05, 0.1) is 5.56 Å². The van der Waals surface area contributed by atoms with Crippen LogP contribution >= 0.6 is 0 Å². The Labute approximate surface area is 113 Å². The zero-order chi connectivity index (χ0) is 14.8.